The number of carbonyl (C=O) groups is 1. The minimum Gasteiger partial charge on any atom is -0.493 e. The molecule has 1 fully saturated rings. The van der Waals surface area contributed by atoms with Gasteiger partial charge < -0.3 is 23.5 Å². The van der Waals surface area contributed by atoms with Gasteiger partial charge in [0.2, 0.25) is 5.88 Å². The predicted molar refractivity (Wildman–Crippen MR) is 159 cm³/mol. The molecule has 0 aliphatic carbocycles. The van der Waals surface area contributed by atoms with Crippen molar-refractivity contribution >= 4 is 34.5 Å². The number of methoxy groups -OCH3 is 1. The summed E-state index contributed by atoms with van der Waals surface area (Å²) in [6, 6.07) is 13.9. The molecule has 1 saturated heterocycles. The highest BCUT2D eigenvalue weighted by atomic mass is 79.9. The fourth-order valence-electron chi connectivity index (χ4n) is 4.52. The third kappa shape index (κ3) is 7.67. The predicted octanol–water partition coefficient (Wildman–Crippen LogP) is 5.90. The van der Waals surface area contributed by atoms with Crippen LogP contribution in [0, 0.1) is 12.7 Å². The third-order valence-electron chi connectivity index (χ3n) is 7.60. The van der Waals surface area contributed by atoms with E-state index in [0.29, 0.717) is 35.7 Å². The molecule has 10 heteroatoms. The number of rotatable bonds is 11. The van der Waals surface area contributed by atoms with E-state index in [2.05, 4.69) is 20.9 Å². The minimum atomic E-state index is -0.566. The Morgan fingerprint density at radius 1 is 1.00 bits per heavy atom. The smallest absolute Gasteiger partial charge is 0.493 e. The highest BCUT2D eigenvalue weighted by molar-refractivity contribution is 9.10. The molecule has 218 valence electrons. The van der Waals surface area contributed by atoms with E-state index in [-0.39, 0.29) is 24.8 Å². The van der Waals surface area contributed by atoms with E-state index in [4.69, 9.17) is 23.5 Å². The molecule has 0 bridgehead atoms. The summed E-state index contributed by atoms with van der Waals surface area (Å²) in [5, 5.41) is 0. The number of esters is 1. The first-order valence-electron chi connectivity index (χ1n) is 13.6. The van der Waals surface area contributed by atoms with Gasteiger partial charge in [-0.25, -0.2) is 9.37 Å². The topological polar surface area (TPSA) is 76.1 Å². The van der Waals surface area contributed by atoms with E-state index in [0.717, 1.165) is 27.7 Å². The molecule has 1 aliphatic heterocycles. The lowest BCUT2D eigenvalue weighted by Gasteiger charge is -2.32. The first-order valence-corrected chi connectivity index (χ1v) is 14.4. The Hall–Kier alpha value is -2.95. The maximum absolute atomic E-state index is 14.1. The van der Waals surface area contributed by atoms with Crippen LogP contribution in [0.3, 0.4) is 0 Å². The van der Waals surface area contributed by atoms with Crippen LogP contribution < -0.4 is 14.9 Å². The van der Waals surface area contributed by atoms with E-state index in [1.165, 1.54) is 19.2 Å². The zero-order chi connectivity index (χ0) is 29.8. The number of carbonyl (C=O) groups excluding carboxylic acids is 1. The van der Waals surface area contributed by atoms with Gasteiger partial charge in [0.15, 0.2) is 0 Å². The van der Waals surface area contributed by atoms with Crippen LogP contribution in [0.2, 0.25) is 0 Å². The van der Waals surface area contributed by atoms with E-state index < -0.39 is 18.3 Å². The Balaban J connectivity index is 1.47. The Labute approximate surface area is 250 Å². The molecule has 41 heavy (non-hydrogen) atoms. The lowest BCUT2D eigenvalue weighted by atomic mass is 9.75. The monoisotopic (exact) mass is 627 g/mol. The van der Waals surface area contributed by atoms with Gasteiger partial charge in [-0.1, -0.05) is 23.8 Å². The molecule has 2 aromatic carbocycles. The van der Waals surface area contributed by atoms with E-state index in [9.17, 15) is 9.18 Å². The van der Waals surface area contributed by atoms with Crippen molar-refractivity contribution < 1.29 is 32.7 Å². The number of pyridine rings is 1. The Morgan fingerprint density at radius 2 is 1.73 bits per heavy atom. The minimum absolute atomic E-state index is 0.0747. The fraction of sp³-hybridized carbons (Fsp3) is 0.419. The van der Waals surface area contributed by atoms with Gasteiger partial charge in [-0.15, -0.1) is 0 Å². The Morgan fingerprint density at radius 3 is 2.41 bits per heavy atom. The molecule has 0 radical (unpaired) electrons. The number of hydrogen-bond donors (Lipinski definition) is 0. The van der Waals surface area contributed by atoms with Crippen LogP contribution in [-0.2, 0) is 38.3 Å². The quantitative estimate of drug-likeness (QED) is 0.113. The van der Waals surface area contributed by atoms with Crippen LogP contribution in [0.25, 0.3) is 0 Å². The lowest BCUT2D eigenvalue weighted by molar-refractivity contribution is -0.139. The molecule has 0 spiro atoms. The molecular formula is C31H36BBrFNO6. The lowest BCUT2D eigenvalue weighted by Crippen LogP contribution is -2.41. The second kappa shape index (κ2) is 12.9. The zero-order valence-corrected chi connectivity index (χ0v) is 26.0. The van der Waals surface area contributed by atoms with Gasteiger partial charge in [0.05, 0.1) is 31.3 Å². The summed E-state index contributed by atoms with van der Waals surface area (Å²) in [5.74, 6) is 0.376. The van der Waals surface area contributed by atoms with Crippen LogP contribution in [0.1, 0.15) is 56.4 Å². The van der Waals surface area contributed by atoms with E-state index >= 15 is 0 Å². The Kier molecular flexibility index (Phi) is 9.77. The molecule has 1 aromatic heterocycles. The Bertz CT molecular complexity index is 1380. The summed E-state index contributed by atoms with van der Waals surface area (Å²) in [6.45, 7) is 10.6. The van der Waals surface area contributed by atoms with Crippen molar-refractivity contribution in [1.82, 2.24) is 4.98 Å². The van der Waals surface area contributed by atoms with Crippen molar-refractivity contribution in [3.05, 3.63) is 81.2 Å². The standard InChI is InChI=1S/C31H36BBrFNO6/c1-20-15-23(17-29(36)37-6)26(18-25(20)32-40-30(2,3)31(4,5)41-32)38-14-8-9-21-16-24(34)13-12-22(21)19-39-28-11-7-10-27(33)35-28/h7,10-13,15-16,18H,8-9,14,17,19H2,1-6H3. The number of hydrogen-bond acceptors (Lipinski definition) is 7. The normalized spacial score (nSPS) is 15.6. The van der Waals surface area contributed by atoms with Crippen molar-refractivity contribution in [3.8, 4) is 11.6 Å². The number of aromatic nitrogens is 1. The summed E-state index contributed by atoms with van der Waals surface area (Å²) < 4.78 is 44.3. The number of benzene rings is 2. The van der Waals surface area contributed by atoms with Gasteiger partial charge in [-0.3, -0.25) is 4.79 Å². The molecule has 0 saturated carbocycles. The van der Waals surface area contributed by atoms with E-state index in [1.807, 2.05) is 58.9 Å². The summed E-state index contributed by atoms with van der Waals surface area (Å²) >= 11 is 3.34. The highest BCUT2D eigenvalue weighted by Crippen LogP contribution is 2.37. The second-order valence-corrected chi connectivity index (χ2v) is 11.9. The molecule has 0 atom stereocenters. The number of halogens is 2. The summed E-state index contributed by atoms with van der Waals surface area (Å²) in [7, 11) is 0.797. The molecular weight excluding hydrogens is 592 g/mol. The van der Waals surface area contributed by atoms with Crippen molar-refractivity contribution in [2.24, 2.45) is 0 Å². The maximum atomic E-state index is 14.1. The average Bonchev–Trinajstić information content (AvgIpc) is 3.13. The average molecular weight is 628 g/mol. The molecule has 1 aliphatic rings. The van der Waals surface area contributed by atoms with Crippen LogP contribution in [0.5, 0.6) is 11.6 Å². The SMILES string of the molecule is COC(=O)Cc1cc(C)c(B2OC(C)(C)C(C)(C)O2)cc1OCCCc1cc(F)ccc1COc1cccc(Br)n1. The fourth-order valence-corrected chi connectivity index (χ4v) is 4.85. The molecule has 0 N–H and O–H groups in total. The van der Waals surface area contributed by atoms with Crippen molar-refractivity contribution in [1.29, 1.82) is 0 Å². The molecule has 2 heterocycles. The molecule has 3 aromatic rings. The van der Waals surface area contributed by atoms with Crippen LogP contribution in [0.4, 0.5) is 4.39 Å². The second-order valence-electron chi connectivity index (χ2n) is 11.1. The van der Waals surface area contributed by atoms with Crippen LogP contribution in [-0.4, -0.2) is 43.0 Å². The highest BCUT2D eigenvalue weighted by Gasteiger charge is 2.52. The molecule has 0 unspecified atom stereocenters. The van der Waals surface area contributed by atoms with Crippen molar-refractivity contribution in [2.45, 2.75) is 71.7 Å². The largest absolute Gasteiger partial charge is 0.495 e. The number of nitrogens with zero attached hydrogens (tertiary/aromatic N) is 1. The summed E-state index contributed by atoms with van der Waals surface area (Å²) in [5.41, 5.74) is 3.22. The zero-order valence-electron chi connectivity index (χ0n) is 24.4. The van der Waals surface area contributed by atoms with Crippen molar-refractivity contribution in [3.63, 3.8) is 0 Å². The van der Waals surface area contributed by atoms with Gasteiger partial charge in [0.1, 0.15) is 22.8 Å². The van der Waals surface area contributed by atoms with E-state index in [1.54, 1.807) is 12.1 Å². The number of ether oxygens (including phenoxy) is 3. The maximum Gasteiger partial charge on any atom is 0.495 e. The number of aryl methyl sites for hydroxylation is 2. The molecule has 0 amide bonds. The molecule has 4 rings (SSSR count). The molecule has 7 nitrogen and oxygen atoms in total. The van der Waals surface area contributed by atoms with Gasteiger partial charge >= 0.3 is 13.1 Å². The van der Waals surface area contributed by atoms with Crippen molar-refractivity contribution in [2.75, 3.05) is 13.7 Å². The van der Waals surface area contributed by atoms with Gasteiger partial charge in [-0.2, -0.15) is 0 Å². The van der Waals surface area contributed by atoms with Gasteiger partial charge in [-0.05, 0) is 104 Å². The van der Waals surface area contributed by atoms with Crippen LogP contribution in [0.15, 0.2) is 53.1 Å². The first-order chi connectivity index (χ1) is 19.4. The summed E-state index contributed by atoms with van der Waals surface area (Å²) in [6.07, 6.45) is 1.26. The van der Waals surface area contributed by atoms with Gasteiger partial charge in [0.25, 0.3) is 0 Å². The first kappa shape index (κ1) is 31.0. The van der Waals surface area contributed by atoms with Crippen LogP contribution >= 0.6 is 15.9 Å². The summed E-state index contributed by atoms with van der Waals surface area (Å²) in [4.78, 5) is 16.4. The third-order valence-corrected chi connectivity index (χ3v) is 8.04. The van der Waals surface area contributed by atoms with Gasteiger partial charge in [0, 0.05) is 11.6 Å².